The van der Waals surface area contributed by atoms with Gasteiger partial charge in [0.2, 0.25) is 0 Å². The Labute approximate surface area is 96.5 Å². The molecule has 2 aliphatic rings. The van der Waals surface area contributed by atoms with Crippen LogP contribution in [0.2, 0.25) is 0 Å². The van der Waals surface area contributed by atoms with E-state index in [-0.39, 0.29) is 0 Å². The molecule has 3 heteroatoms. The van der Waals surface area contributed by atoms with Gasteiger partial charge in [0.15, 0.2) is 0 Å². The van der Waals surface area contributed by atoms with Crippen LogP contribution >= 0.6 is 0 Å². The SMILES string of the molecule is NC1CC(c2nccc(C3CCCC3)n2)C1. The van der Waals surface area contributed by atoms with E-state index in [1.165, 1.54) is 31.4 Å². The molecule has 2 N–H and O–H groups in total. The summed E-state index contributed by atoms with van der Waals surface area (Å²) in [5, 5.41) is 0. The van der Waals surface area contributed by atoms with E-state index in [1.807, 2.05) is 6.20 Å². The molecule has 86 valence electrons. The van der Waals surface area contributed by atoms with Gasteiger partial charge in [-0.25, -0.2) is 9.97 Å². The monoisotopic (exact) mass is 217 g/mol. The molecule has 0 bridgehead atoms. The lowest BCUT2D eigenvalue weighted by Crippen LogP contribution is -2.35. The highest BCUT2D eigenvalue weighted by molar-refractivity contribution is 5.14. The lowest BCUT2D eigenvalue weighted by molar-refractivity contribution is 0.337. The van der Waals surface area contributed by atoms with Crippen molar-refractivity contribution in [2.45, 2.75) is 56.4 Å². The van der Waals surface area contributed by atoms with Crippen molar-refractivity contribution < 1.29 is 0 Å². The Bertz CT molecular complexity index is 365. The molecule has 1 heterocycles. The first-order chi connectivity index (χ1) is 7.83. The third-order valence-corrected chi connectivity index (χ3v) is 4.01. The maximum Gasteiger partial charge on any atom is 0.131 e. The van der Waals surface area contributed by atoms with Gasteiger partial charge in [-0.15, -0.1) is 0 Å². The molecular formula is C13H19N3. The van der Waals surface area contributed by atoms with Gasteiger partial charge in [0.05, 0.1) is 0 Å². The molecule has 0 unspecified atom stereocenters. The van der Waals surface area contributed by atoms with Gasteiger partial charge in [0.1, 0.15) is 5.82 Å². The highest BCUT2D eigenvalue weighted by atomic mass is 14.9. The number of nitrogens with two attached hydrogens (primary N) is 1. The number of hydrogen-bond acceptors (Lipinski definition) is 3. The van der Waals surface area contributed by atoms with Crippen LogP contribution in [0.4, 0.5) is 0 Å². The van der Waals surface area contributed by atoms with E-state index >= 15 is 0 Å². The zero-order valence-corrected chi connectivity index (χ0v) is 9.60. The summed E-state index contributed by atoms with van der Waals surface area (Å²) in [6.45, 7) is 0. The van der Waals surface area contributed by atoms with Crippen molar-refractivity contribution in [2.24, 2.45) is 5.73 Å². The smallest absolute Gasteiger partial charge is 0.131 e. The zero-order valence-electron chi connectivity index (χ0n) is 9.60. The third kappa shape index (κ3) is 1.84. The Balaban J connectivity index is 1.77. The fourth-order valence-electron chi connectivity index (χ4n) is 2.91. The number of aromatic nitrogens is 2. The molecule has 0 spiro atoms. The summed E-state index contributed by atoms with van der Waals surface area (Å²) in [6.07, 6.45) is 9.39. The molecule has 2 fully saturated rings. The minimum absolute atomic E-state index is 0.378. The van der Waals surface area contributed by atoms with Crippen LogP contribution in [0.1, 0.15) is 61.9 Å². The fourth-order valence-corrected chi connectivity index (χ4v) is 2.91. The van der Waals surface area contributed by atoms with Gasteiger partial charge in [0.25, 0.3) is 0 Å². The lowest BCUT2D eigenvalue weighted by atomic mass is 9.80. The Morgan fingerprint density at radius 2 is 1.88 bits per heavy atom. The lowest BCUT2D eigenvalue weighted by Gasteiger charge is -2.31. The van der Waals surface area contributed by atoms with Crippen LogP contribution in [0.15, 0.2) is 12.3 Å². The second-order valence-corrected chi connectivity index (χ2v) is 5.25. The van der Waals surface area contributed by atoms with Gasteiger partial charge in [0, 0.05) is 29.8 Å². The molecular weight excluding hydrogens is 198 g/mol. The van der Waals surface area contributed by atoms with Crippen molar-refractivity contribution in [1.29, 1.82) is 0 Å². The van der Waals surface area contributed by atoms with E-state index in [0.717, 1.165) is 18.7 Å². The summed E-state index contributed by atoms with van der Waals surface area (Å²) in [4.78, 5) is 9.15. The topological polar surface area (TPSA) is 51.8 Å². The number of rotatable bonds is 2. The Morgan fingerprint density at radius 3 is 2.56 bits per heavy atom. The molecule has 0 amide bonds. The minimum atomic E-state index is 0.378. The van der Waals surface area contributed by atoms with E-state index in [0.29, 0.717) is 17.9 Å². The minimum Gasteiger partial charge on any atom is -0.328 e. The van der Waals surface area contributed by atoms with Crippen LogP contribution < -0.4 is 5.73 Å². The highest BCUT2D eigenvalue weighted by Gasteiger charge is 2.30. The second-order valence-electron chi connectivity index (χ2n) is 5.25. The van der Waals surface area contributed by atoms with Crippen molar-refractivity contribution in [3.63, 3.8) is 0 Å². The fraction of sp³-hybridized carbons (Fsp3) is 0.692. The molecule has 0 radical (unpaired) electrons. The van der Waals surface area contributed by atoms with Crippen molar-refractivity contribution in [2.75, 3.05) is 0 Å². The molecule has 0 aromatic carbocycles. The van der Waals surface area contributed by atoms with E-state index < -0.39 is 0 Å². The maximum absolute atomic E-state index is 5.81. The molecule has 0 saturated heterocycles. The van der Waals surface area contributed by atoms with Crippen molar-refractivity contribution >= 4 is 0 Å². The standard InChI is InChI=1S/C13H19N3/c14-11-7-10(8-11)13-15-6-5-12(16-13)9-3-1-2-4-9/h5-6,9-11H,1-4,7-8,14H2. The summed E-state index contributed by atoms with van der Waals surface area (Å²) >= 11 is 0. The van der Waals surface area contributed by atoms with E-state index in [2.05, 4.69) is 11.1 Å². The van der Waals surface area contributed by atoms with Gasteiger partial charge in [-0.1, -0.05) is 12.8 Å². The molecule has 0 aliphatic heterocycles. The van der Waals surface area contributed by atoms with Gasteiger partial charge in [-0.3, -0.25) is 0 Å². The number of hydrogen-bond donors (Lipinski definition) is 1. The first-order valence-electron chi connectivity index (χ1n) is 6.41. The molecule has 16 heavy (non-hydrogen) atoms. The van der Waals surface area contributed by atoms with Crippen molar-refractivity contribution in [3.8, 4) is 0 Å². The first kappa shape index (κ1) is 10.2. The summed E-state index contributed by atoms with van der Waals surface area (Å²) in [6, 6.07) is 2.47. The van der Waals surface area contributed by atoms with Crippen LogP contribution in [-0.2, 0) is 0 Å². The maximum atomic E-state index is 5.81. The van der Waals surface area contributed by atoms with Gasteiger partial charge in [-0.05, 0) is 31.7 Å². The van der Waals surface area contributed by atoms with E-state index in [4.69, 9.17) is 10.7 Å². The quantitative estimate of drug-likeness (QED) is 0.827. The summed E-state index contributed by atoms with van der Waals surface area (Å²) in [5.74, 6) is 2.25. The van der Waals surface area contributed by atoms with Crippen LogP contribution in [0.5, 0.6) is 0 Å². The van der Waals surface area contributed by atoms with Crippen LogP contribution in [0.25, 0.3) is 0 Å². The summed E-state index contributed by atoms with van der Waals surface area (Å²) in [7, 11) is 0. The Morgan fingerprint density at radius 1 is 1.12 bits per heavy atom. The van der Waals surface area contributed by atoms with Gasteiger partial charge in [-0.2, -0.15) is 0 Å². The van der Waals surface area contributed by atoms with Gasteiger partial charge < -0.3 is 5.73 Å². The zero-order chi connectivity index (χ0) is 11.0. The van der Waals surface area contributed by atoms with Crippen LogP contribution in [0.3, 0.4) is 0 Å². The molecule has 1 aromatic heterocycles. The van der Waals surface area contributed by atoms with Gasteiger partial charge >= 0.3 is 0 Å². The first-order valence-corrected chi connectivity index (χ1v) is 6.41. The highest BCUT2D eigenvalue weighted by Crippen LogP contribution is 2.36. The van der Waals surface area contributed by atoms with E-state index in [9.17, 15) is 0 Å². The Kier molecular flexibility index (Phi) is 2.64. The summed E-state index contributed by atoms with van der Waals surface area (Å²) < 4.78 is 0. The molecule has 0 atom stereocenters. The predicted octanol–water partition coefficient (Wildman–Crippen LogP) is 2.34. The normalized spacial score (nSPS) is 30.3. The average molecular weight is 217 g/mol. The van der Waals surface area contributed by atoms with Crippen molar-refractivity contribution in [1.82, 2.24) is 9.97 Å². The van der Waals surface area contributed by atoms with Crippen molar-refractivity contribution in [3.05, 3.63) is 23.8 Å². The predicted molar refractivity (Wildman–Crippen MR) is 63.2 cm³/mol. The molecule has 2 aliphatic carbocycles. The molecule has 3 nitrogen and oxygen atoms in total. The molecule has 3 rings (SSSR count). The Hall–Kier alpha value is -0.960. The summed E-state index contributed by atoms with van der Waals surface area (Å²) in [5.41, 5.74) is 7.08. The molecule has 1 aromatic rings. The number of nitrogens with zero attached hydrogens (tertiary/aromatic N) is 2. The third-order valence-electron chi connectivity index (χ3n) is 4.01. The second kappa shape index (κ2) is 4.13. The molecule has 2 saturated carbocycles. The van der Waals surface area contributed by atoms with Crippen LogP contribution in [0, 0.1) is 0 Å². The van der Waals surface area contributed by atoms with Crippen LogP contribution in [-0.4, -0.2) is 16.0 Å². The largest absolute Gasteiger partial charge is 0.328 e. The van der Waals surface area contributed by atoms with E-state index in [1.54, 1.807) is 0 Å². The average Bonchev–Trinajstić information content (AvgIpc) is 2.78.